The number of phenols is 1. The molecule has 0 heterocycles. The highest BCUT2D eigenvalue weighted by Gasteiger charge is 2.05. The number of rotatable bonds is 13. The van der Waals surface area contributed by atoms with E-state index in [1.54, 1.807) is 6.07 Å². The molecular weight excluding hydrogens is 268 g/mol. The van der Waals surface area contributed by atoms with Crippen LogP contribution in [-0.4, -0.2) is 5.11 Å². The number of aromatic hydroxyl groups is 1. The fraction of sp³-hybridized carbons (Fsp3) is 0.714. The molecule has 0 aliphatic carbocycles. The highest BCUT2D eigenvalue weighted by atomic mass is 16.3. The molecule has 1 heteroatoms. The van der Waals surface area contributed by atoms with Crippen LogP contribution in [0.3, 0.4) is 0 Å². The van der Waals surface area contributed by atoms with Gasteiger partial charge in [0.05, 0.1) is 0 Å². The minimum atomic E-state index is 0.392. The summed E-state index contributed by atoms with van der Waals surface area (Å²) in [6.07, 6.45) is 16.6. The Labute approximate surface area is 138 Å². The van der Waals surface area contributed by atoms with Gasteiger partial charge < -0.3 is 5.11 Å². The Morgan fingerprint density at radius 3 is 1.91 bits per heavy atom. The molecule has 0 bridgehead atoms. The van der Waals surface area contributed by atoms with Crippen molar-refractivity contribution < 1.29 is 5.11 Å². The Hall–Kier alpha value is -0.980. The van der Waals surface area contributed by atoms with Gasteiger partial charge in [-0.1, -0.05) is 96.6 Å². The smallest absolute Gasteiger partial charge is 0.115 e. The maximum absolute atomic E-state index is 9.52. The zero-order valence-corrected chi connectivity index (χ0v) is 14.8. The maximum atomic E-state index is 9.52. The normalized spacial score (nSPS) is 12.5. The van der Waals surface area contributed by atoms with Gasteiger partial charge in [-0.05, 0) is 30.0 Å². The quantitative estimate of drug-likeness (QED) is 0.382. The Morgan fingerprint density at radius 2 is 1.36 bits per heavy atom. The van der Waals surface area contributed by atoms with Crippen LogP contribution in [0.4, 0.5) is 0 Å². The first-order valence-corrected chi connectivity index (χ1v) is 9.53. The Morgan fingerprint density at radius 1 is 0.818 bits per heavy atom. The summed E-state index contributed by atoms with van der Waals surface area (Å²) in [6.45, 7) is 4.55. The Balaban J connectivity index is 1.93. The summed E-state index contributed by atoms with van der Waals surface area (Å²) in [5.41, 5.74) is 1.27. The number of phenolic OH excluding ortho intramolecular Hbond substituents is 1. The molecule has 1 unspecified atom stereocenters. The number of unbranched alkanes of at least 4 members (excludes halogenated alkanes) is 10. The monoisotopic (exact) mass is 304 g/mol. The van der Waals surface area contributed by atoms with Crippen LogP contribution in [0, 0.1) is 0 Å². The molecule has 0 aliphatic heterocycles. The van der Waals surface area contributed by atoms with Gasteiger partial charge in [0, 0.05) is 0 Å². The van der Waals surface area contributed by atoms with Gasteiger partial charge in [-0.15, -0.1) is 0 Å². The molecule has 1 rings (SSSR count). The van der Waals surface area contributed by atoms with Gasteiger partial charge in [-0.3, -0.25) is 0 Å². The predicted octanol–water partition coefficient (Wildman–Crippen LogP) is 7.20. The molecule has 0 radical (unpaired) electrons. The van der Waals surface area contributed by atoms with Gasteiger partial charge >= 0.3 is 0 Å². The van der Waals surface area contributed by atoms with Gasteiger partial charge in [0.1, 0.15) is 5.75 Å². The predicted molar refractivity (Wildman–Crippen MR) is 97.6 cm³/mol. The maximum Gasteiger partial charge on any atom is 0.115 e. The molecule has 22 heavy (non-hydrogen) atoms. The molecule has 1 atom stereocenters. The van der Waals surface area contributed by atoms with E-state index in [1.165, 1.54) is 82.6 Å². The van der Waals surface area contributed by atoms with E-state index in [0.29, 0.717) is 11.7 Å². The third-order valence-corrected chi connectivity index (χ3v) is 4.68. The number of hydrogen-bond acceptors (Lipinski definition) is 1. The van der Waals surface area contributed by atoms with E-state index >= 15 is 0 Å². The molecule has 126 valence electrons. The first kappa shape index (κ1) is 19.1. The van der Waals surface area contributed by atoms with E-state index in [4.69, 9.17) is 0 Å². The standard InChI is InChI=1S/C21H36O/c1-3-4-5-6-7-8-9-10-11-12-13-15-19(2)20-16-14-17-21(22)18-20/h14,16-19,22H,3-13,15H2,1-2H3. The minimum absolute atomic E-state index is 0.392. The summed E-state index contributed by atoms with van der Waals surface area (Å²) >= 11 is 0. The second-order valence-corrected chi connectivity index (χ2v) is 6.82. The Kier molecular flexibility index (Phi) is 10.9. The highest BCUT2D eigenvalue weighted by molar-refractivity contribution is 5.29. The van der Waals surface area contributed by atoms with Crippen LogP contribution in [0.5, 0.6) is 5.75 Å². The molecule has 1 aromatic rings. The zero-order valence-electron chi connectivity index (χ0n) is 14.8. The summed E-state index contributed by atoms with van der Waals surface area (Å²) in [5.74, 6) is 0.953. The van der Waals surface area contributed by atoms with Crippen LogP contribution in [0.15, 0.2) is 24.3 Å². The van der Waals surface area contributed by atoms with Crippen LogP contribution >= 0.6 is 0 Å². The van der Waals surface area contributed by atoms with Crippen molar-refractivity contribution >= 4 is 0 Å². The molecule has 1 nitrogen and oxygen atoms in total. The lowest BCUT2D eigenvalue weighted by Gasteiger charge is -2.12. The molecule has 0 aliphatic rings. The lowest BCUT2D eigenvalue weighted by Crippen LogP contribution is -1.93. The summed E-state index contributed by atoms with van der Waals surface area (Å²) in [5, 5.41) is 9.52. The second-order valence-electron chi connectivity index (χ2n) is 6.82. The van der Waals surface area contributed by atoms with E-state index in [9.17, 15) is 5.11 Å². The van der Waals surface area contributed by atoms with Crippen molar-refractivity contribution in [2.75, 3.05) is 0 Å². The third kappa shape index (κ3) is 9.12. The van der Waals surface area contributed by atoms with E-state index in [2.05, 4.69) is 19.9 Å². The zero-order chi connectivity index (χ0) is 16.0. The first-order chi connectivity index (χ1) is 10.7. The van der Waals surface area contributed by atoms with E-state index < -0.39 is 0 Å². The average Bonchev–Trinajstić information content (AvgIpc) is 2.52. The number of hydrogen-bond donors (Lipinski definition) is 1. The van der Waals surface area contributed by atoms with Crippen molar-refractivity contribution in [1.29, 1.82) is 0 Å². The largest absolute Gasteiger partial charge is 0.508 e. The molecule has 0 aromatic heterocycles. The molecule has 1 aromatic carbocycles. The molecule has 1 N–H and O–H groups in total. The van der Waals surface area contributed by atoms with E-state index in [1.807, 2.05) is 12.1 Å². The van der Waals surface area contributed by atoms with Crippen LogP contribution in [0.25, 0.3) is 0 Å². The summed E-state index contributed by atoms with van der Waals surface area (Å²) in [7, 11) is 0. The van der Waals surface area contributed by atoms with Crippen molar-refractivity contribution in [1.82, 2.24) is 0 Å². The number of benzene rings is 1. The van der Waals surface area contributed by atoms with Gasteiger partial charge in [0.2, 0.25) is 0 Å². The fourth-order valence-electron chi connectivity index (χ4n) is 3.11. The van der Waals surface area contributed by atoms with Crippen molar-refractivity contribution in [3.8, 4) is 5.75 Å². The van der Waals surface area contributed by atoms with Gasteiger partial charge in [-0.2, -0.15) is 0 Å². The minimum Gasteiger partial charge on any atom is -0.508 e. The van der Waals surface area contributed by atoms with Crippen molar-refractivity contribution in [3.63, 3.8) is 0 Å². The highest BCUT2D eigenvalue weighted by Crippen LogP contribution is 2.24. The van der Waals surface area contributed by atoms with Crippen molar-refractivity contribution in [2.45, 2.75) is 96.8 Å². The van der Waals surface area contributed by atoms with Crippen LogP contribution in [-0.2, 0) is 0 Å². The molecular formula is C21H36O. The van der Waals surface area contributed by atoms with E-state index in [-0.39, 0.29) is 0 Å². The molecule has 0 fully saturated rings. The van der Waals surface area contributed by atoms with Gasteiger partial charge in [-0.25, -0.2) is 0 Å². The summed E-state index contributed by atoms with van der Waals surface area (Å²) < 4.78 is 0. The summed E-state index contributed by atoms with van der Waals surface area (Å²) in [4.78, 5) is 0. The SMILES string of the molecule is CCCCCCCCCCCCCC(C)c1cccc(O)c1. The molecule has 0 saturated carbocycles. The van der Waals surface area contributed by atoms with Crippen LogP contribution in [0.2, 0.25) is 0 Å². The Bertz CT molecular complexity index is 372. The third-order valence-electron chi connectivity index (χ3n) is 4.68. The molecule has 0 amide bonds. The first-order valence-electron chi connectivity index (χ1n) is 9.53. The van der Waals surface area contributed by atoms with Crippen molar-refractivity contribution in [3.05, 3.63) is 29.8 Å². The lowest BCUT2D eigenvalue weighted by atomic mass is 9.94. The fourth-order valence-corrected chi connectivity index (χ4v) is 3.11. The second kappa shape index (κ2) is 12.6. The molecule has 0 saturated heterocycles. The van der Waals surface area contributed by atoms with E-state index in [0.717, 1.165) is 0 Å². The van der Waals surface area contributed by atoms with Gasteiger partial charge in [0.25, 0.3) is 0 Å². The van der Waals surface area contributed by atoms with Gasteiger partial charge in [0.15, 0.2) is 0 Å². The van der Waals surface area contributed by atoms with Crippen molar-refractivity contribution in [2.24, 2.45) is 0 Å². The topological polar surface area (TPSA) is 20.2 Å². The molecule has 0 spiro atoms. The van der Waals surface area contributed by atoms with Crippen LogP contribution in [0.1, 0.15) is 102 Å². The lowest BCUT2D eigenvalue weighted by molar-refractivity contribution is 0.473. The summed E-state index contributed by atoms with van der Waals surface area (Å²) in [6, 6.07) is 7.73. The van der Waals surface area contributed by atoms with Crippen LogP contribution < -0.4 is 0 Å². The average molecular weight is 305 g/mol.